The molecule has 1 heterocycles. The van der Waals surface area contributed by atoms with Crippen LogP contribution in [0.15, 0.2) is 18.2 Å². The molecule has 0 amide bonds. The van der Waals surface area contributed by atoms with Gasteiger partial charge in [0.1, 0.15) is 0 Å². The van der Waals surface area contributed by atoms with Crippen LogP contribution in [-0.2, 0) is 9.31 Å². The molecule has 0 bridgehead atoms. The van der Waals surface area contributed by atoms with Crippen molar-refractivity contribution < 1.29 is 9.31 Å². The molecule has 1 saturated heterocycles. The predicted octanol–water partition coefficient (Wildman–Crippen LogP) is 2.73. The number of benzene rings is 1. The summed E-state index contributed by atoms with van der Waals surface area (Å²) in [6.45, 7) is 8.10. The molecule has 0 unspecified atom stereocenters. The third kappa shape index (κ3) is 2.15. The summed E-state index contributed by atoms with van der Waals surface area (Å²) in [5.41, 5.74) is 2.03. The zero-order valence-electron chi connectivity index (χ0n) is 12.6. The lowest BCUT2D eigenvalue weighted by atomic mass is 9.75. The van der Waals surface area contributed by atoms with E-state index in [-0.39, 0.29) is 11.2 Å². The molecule has 104 valence electrons. The summed E-state index contributed by atoms with van der Waals surface area (Å²) in [6, 6.07) is 8.39. The van der Waals surface area contributed by atoms with E-state index < -0.39 is 7.12 Å². The van der Waals surface area contributed by atoms with Gasteiger partial charge < -0.3 is 9.31 Å². The number of nitrogens with zero attached hydrogens (tertiary/aromatic N) is 1. The highest BCUT2D eigenvalue weighted by molar-refractivity contribution is 6.62. The van der Waals surface area contributed by atoms with Crippen molar-refractivity contribution in [3.05, 3.63) is 29.3 Å². The Labute approximate surface area is 121 Å². The van der Waals surface area contributed by atoms with E-state index in [1.165, 1.54) is 18.4 Å². The Kier molecular flexibility index (Phi) is 2.97. The van der Waals surface area contributed by atoms with E-state index in [1.807, 2.05) is 39.8 Å². The largest absolute Gasteiger partial charge is 0.496 e. The van der Waals surface area contributed by atoms with Crippen LogP contribution < -0.4 is 5.46 Å². The third-order valence-electron chi connectivity index (χ3n) is 4.75. The monoisotopic (exact) mass is 269 g/mol. The smallest absolute Gasteiger partial charge is 0.399 e. The minimum Gasteiger partial charge on any atom is -0.399 e. The maximum absolute atomic E-state index is 9.40. The highest BCUT2D eigenvalue weighted by Crippen LogP contribution is 2.40. The van der Waals surface area contributed by atoms with Gasteiger partial charge in [-0.3, -0.25) is 0 Å². The van der Waals surface area contributed by atoms with Crippen molar-refractivity contribution >= 4 is 12.6 Å². The first kappa shape index (κ1) is 13.7. The van der Waals surface area contributed by atoms with E-state index in [0.29, 0.717) is 11.5 Å². The lowest BCUT2D eigenvalue weighted by Crippen LogP contribution is -2.41. The van der Waals surface area contributed by atoms with Crippen LogP contribution in [0.3, 0.4) is 0 Å². The van der Waals surface area contributed by atoms with E-state index in [1.54, 1.807) is 0 Å². The van der Waals surface area contributed by atoms with Gasteiger partial charge in [0.25, 0.3) is 0 Å². The Balaban J connectivity index is 1.93. The second-order valence-corrected chi connectivity index (χ2v) is 6.82. The summed E-state index contributed by atoms with van der Waals surface area (Å²) < 4.78 is 12.1. The second-order valence-electron chi connectivity index (χ2n) is 6.82. The quantitative estimate of drug-likeness (QED) is 0.775. The highest BCUT2D eigenvalue weighted by atomic mass is 16.7. The van der Waals surface area contributed by atoms with Gasteiger partial charge in [-0.25, -0.2) is 0 Å². The van der Waals surface area contributed by atoms with Crippen molar-refractivity contribution in [2.75, 3.05) is 0 Å². The van der Waals surface area contributed by atoms with Gasteiger partial charge in [0.2, 0.25) is 0 Å². The molecular formula is C16H20BNO2. The van der Waals surface area contributed by atoms with Gasteiger partial charge in [-0.1, -0.05) is 12.1 Å². The first-order valence-corrected chi connectivity index (χ1v) is 7.24. The summed E-state index contributed by atoms with van der Waals surface area (Å²) in [5, 5.41) is 9.40. The molecule has 0 radical (unpaired) electrons. The van der Waals surface area contributed by atoms with E-state index in [9.17, 15) is 5.26 Å². The molecule has 3 nitrogen and oxygen atoms in total. The summed E-state index contributed by atoms with van der Waals surface area (Å²) >= 11 is 0. The molecule has 2 fully saturated rings. The maximum Gasteiger partial charge on any atom is 0.496 e. The summed E-state index contributed by atoms with van der Waals surface area (Å²) in [6.07, 6.45) is 2.47. The molecule has 20 heavy (non-hydrogen) atoms. The fourth-order valence-corrected chi connectivity index (χ4v) is 2.52. The van der Waals surface area contributed by atoms with Gasteiger partial charge in [-0.15, -0.1) is 0 Å². The van der Waals surface area contributed by atoms with Gasteiger partial charge in [0, 0.05) is 5.46 Å². The third-order valence-corrected chi connectivity index (χ3v) is 4.75. The van der Waals surface area contributed by atoms with Crippen molar-refractivity contribution in [2.24, 2.45) is 0 Å². The molecule has 1 saturated carbocycles. The second kappa shape index (κ2) is 4.34. The summed E-state index contributed by atoms with van der Waals surface area (Å²) in [5.74, 6) is 0.648. The zero-order valence-corrected chi connectivity index (χ0v) is 12.6. The van der Waals surface area contributed by atoms with Crippen molar-refractivity contribution in [2.45, 2.75) is 57.7 Å². The topological polar surface area (TPSA) is 42.2 Å². The van der Waals surface area contributed by atoms with Gasteiger partial charge in [-0.2, -0.15) is 5.26 Å². The first-order valence-electron chi connectivity index (χ1n) is 7.24. The summed E-state index contributed by atoms with van der Waals surface area (Å²) in [7, 11) is -0.456. The standard InChI is InChI=1S/C16H20BNO2/c1-15(2)16(3,4)20-17(19-15)14-8-7-12(11-5-6-11)9-13(14)10-18/h7-9,11H,5-6H2,1-4H3. The highest BCUT2D eigenvalue weighted by Gasteiger charge is 2.52. The molecule has 4 heteroatoms. The lowest BCUT2D eigenvalue weighted by Gasteiger charge is -2.32. The van der Waals surface area contributed by atoms with Crippen molar-refractivity contribution in [3.8, 4) is 6.07 Å². The van der Waals surface area contributed by atoms with E-state index in [0.717, 1.165) is 5.46 Å². The molecule has 0 N–H and O–H groups in total. The average molecular weight is 269 g/mol. The number of nitriles is 1. The fourth-order valence-electron chi connectivity index (χ4n) is 2.52. The van der Waals surface area contributed by atoms with Crippen molar-refractivity contribution in [1.29, 1.82) is 5.26 Å². The molecule has 1 aromatic carbocycles. The Morgan fingerprint density at radius 2 is 1.75 bits per heavy atom. The van der Waals surface area contributed by atoms with Crippen LogP contribution in [-0.4, -0.2) is 18.3 Å². The van der Waals surface area contributed by atoms with Crippen LogP contribution in [0, 0.1) is 11.3 Å². The van der Waals surface area contributed by atoms with Crippen LogP contribution in [0.1, 0.15) is 57.6 Å². The first-order chi connectivity index (χ1) is 9.34. The lowest BCUT2D eigenvalue weighted by molar-refractivity contribution is 0.00578. The molecule has 0 aromatic heterocycles. The molecule has 2 aliphatic rings. The fraction of sp³-hybridized carbons (Fsp3) is 0.562. The van der Waals surface area contributed by atoms with Crippen molar-refractivity contribution in [1.82, 2.24) is 0 Å². The Bertz CT molecular complexity index is 569. The van der Waals surface area contributed by atoms with E-state index >= 15 is 0 Å². The van der Waals surface area contributed by atoms with Crippen LogP contribution in [0.2, 0.25) is 0 Å². The Morgan fingerprint density at radius 3 is 2.25 bits per heavy atom. The minimum absolute atomic E-state index is 0.375. The molecule has 3 rings (SSSR count). The van der Waals surface area contributed by atoms with Crippen LogP contribution >= 0.6 is 0 Å². The molecule has 1 aliphatic carbocycles. The number of rotatable bonds is 2. The number of hydrogen-bond donors (Lipinski definition) is 0. The van der Waals surface area contributed by atoms with Crippen LogP contribution in [0.4, 0.5) is 0 Å². The Hall–Kier alpha value is -1.31. The molecule has 1 aliphatic heterocycles. The van der Waals surface area contributed by atoms with Gasteiger partial charge in [-0.05, 0) is 58.1 Å². The molecular weight excluding hydrogens is 249 g/mol. The Morgan fingerprint density at radius 1 is 1.15 bits per heavy atom. The van der Waals surface area contributed by atoms with Gasteiger partial charge >= 0.3 is 7.12 Å². The van der Waals surface area contributed by atoms with Crippen LogP contribution in [0.25, 0.3) is 0 Å². The SMILES string of the molecule is CC1(C)OB(c2ccc(C3CC3)cc2C#N)OC1(C)C. The van der Waals surface area contributed by atoms with Crippen LogP contribution in [0.5, 0.6) is 0 Å². The molecule has 0 atom stereocenters. The molecule has 1 aromatic rings. The zero-order chi connectivity index (χ0) is 14.5. The predicted molar refractivity (Wildman–Crippen MR) is 78.8 cm³/mol. The van der Waals surface area contributed by atoms with Gasteiger partial charge in [0.15, 0.2) is 0 Å². The average Bonchev–Trinajstić information content (AvgIpc) is 3.17. The van der Waals surface area contributed by atoms with Crippen molar-refractivity contribution in [3.63, 3.8) is 0 Å². The van der Waals surface area contributed by atoms with E-state index in [4.69, 9.17) is 9.31 Å². The summed E-state index contributed by atoms with van der Waals surface area (Å²) in [4.78, 5) is 0. The van der Waals surface area contributed by atoms with Gasteiger partial charge in [0.05, 0.1) is 22.8 Å². The normalized spacial score (nSPS) is 23.6. The minimum atomic E-state index is -0.456. The maximum atomic E-state index is 9.40. The van der Waals surface area contributed by atoms with E-state index in [2.05, 4.69) is 12.1 Å². The molecule has 0 spiro atoms. The number of hydrogen-bond acceptors (Lipinski definition) is 3.